The van der Waals surface area contributed by atoms with Gasteiger partial charge in [-0.1, -0.05) is 50.1 Å². The minimum absolute atomic E-state index is 0.688. The van der Waals surface area contributed by atoms with Crippen LogP contribution in [-0.4, -0.2) is 17.6 Å². The first-order valence-electron chi connectivity index (χ1n) is 8.10. The Balaban J connectivity index is 1.69. The van der Waals surface area contributed by atoms with Gasteiger partial charge in [0.1, 0.15) is 0 Å². The smallest absolute Gasteiger partial charge is 0.0935 e. The molecule has 1 aromatic heterocycles. The zero-order valence-electron chi connectivity index (χ0n) is 12.7. The highest BCUT2D eigenvalue weighted by molar-refractivity contribution is 7.09. The summed E-state index contributed by atoms with van der Waals surface area (Å²) < 4.78 is 0. The number of rotatable bonds is 5. The molecule has 1 heterocycles. The van der Waals surface area contributed by atoms with Crippen molar-refractivity contribution < 1.29 is 0 Å². The molecule has 0 spiro atoms. The second-order valence-electron chi connectivity index (χ2n) is 5.91. The molecule has 1 aromatic carbocycles. The molecule has 0 amide bonds. The lowest BCUT2D eigenvalue weighted by molar-refractivity contribution is 0.264. The first-order chi connectivity index (χ1) is 10.4. The van der Waals surface area contributed by atoms with Gasteiger partial charge in [0.05, 0.1) is 10.7 Å². The Morgan fingerprint density at radius 3 is 2.81 bits per heavy atom. The van der Waals surface area contributed by atoms with E-state index in [1.807, 2.05) is 11.3 Å². The summed E-state index contributed by atoms with van der Waals surface area (Å²) in [5, 5.41) is 7.17. The Morgan fingerprint density at radius 2 is 2.00 bits per heavy atom. The summed E-state index contributed by atoms with van der Waals surface area (Å²) in [4.78, 5) is 4.86. The van der Waals surface area contributed by atoms with Crippen molar-refractivity contribution in [3.8, 4) is 11.3 Å². The summed E-state index contributed by atoms with van der Waals surface area (Å²) in [5.41, 5.74) is 2.36. The lowest BCUT2D eigenvalue weighted by Crippen LogP contribution is -2.39. The molecule has 0 bridgehead atoms. The number of benzene rings is 1. The van der Waals surface area contributed by atoms with Crippen LogP contribution in [0.3, 0.4) is 0 Å². The van der Waals surface area contributed by atoms with Gasteiger partial charge in [-0.05, 0) is 25.3 Å². The van der Waals surface area contributed by atoms with Gasteiger partial charge in [0.15, 0.2) is 0 Å². The van der Waals surface area contributed by atoms with E-state index >= 15 is 0 Å². The summed E-state index contributed by atoms with van der Waals surface area (Å²) in [6.45, 7) is 3.29. The largest absolute Gasteiger partial charge is 0.314 e. The third kappa shape index (κ3) is 3.72. The molecule has 2 aromatic rings. The SMILES string of the molecule is CCNC1CCCCC1Cc1nc(-c2ccccc2)cs1. The number of aromatic nitrogens is 1. The van der Waals surface area contributed by atoms with Gasteiger partial charge in [0.2, 0.25) is 0 Å². The first-order valence-corrected chi connectivity index (χ1v) is 8.98. The van der Waals surface area contributed by atoms with E-state index in [4.69, 9.17) is 4.98 Å². The summed E-state index contributed by atoms with van der Waals surface area (Å²) in [7, 11) is 0. The van der Waals surface area contributed by atoms with Crippen molar-refractivity contribution >= 4 is 11.3 Å². The molecular formula is C18H24N2S. The predicted molar refractivity (Wildman–Crippen MR) is 90.7 cm³/mol. The van der Waals surface area contributed by atoms with Gasteiger partial charge in [0, 0.05) is 23.4 Å². The van der Waals surface area contributed by atoms with Gasteiger partial charge < -0.3 is 5.32 Å². The zero-order chi connectivity index (χ0) is 14.5. The minimum Gasteiger partial charge on any atom is -0.314 e. The molecule has 2 unspecified atom stereocenters. The van der Waals surface area contributed by atoms with Crippen LogP contribution in [-0.2, 0) is 6.42 Å². The number of hydrogen-bond acceptors (Lipinski definition) is 3. The Bertz CT molecular complexity index is 547. The third-order valence-corrected chi connectivity index (χ3v) is 5.30. The molecule has 2 nitrogen and oxygen atoms in total. The minimum atomic E-state index is 0.688. The molecule has 3 rings (SSSR count). The average molecular weight is 300 g/mol. The fourth-order valence-electron chi connectivity index (χ4n) is 3.35. The van der Waals surface area contributed by atoms with Gasteiger partial charge in [-0.15, -0.1) is 11.3 Å². The number of nitrogens with one attached hydrogen (secondary N) is 1. The Labute approximate surface area is 131 Å². The Morgan fingerprint density at radius 1 is 1.19 bits per heavy atom. The molecule has 1 saturated carbocycles. The van der Waals surface area contributed by atoms with Gasteiger partial charge >= 0.3 is 0 Å². The molecule has 112 valence electrons. The van der Waals surface area contributed by atoms with E-state index in [1.54, 1.807) is 0 Å². The number of nitrogens with zero attached hydrogens (tertiary/aromatic N) is 1. The molecule has 3 heteroatoms. The zero-order valence-corrected chi connectivity index (χ0v) is 13.5. The quantitative estimate of drug-likeness (QED) is 0.878. The van der Waals surface area contributed by atoms with Gasteiger partial charge in [-0.2, -0.15) is 0 Å². The average Bonchev–Trinajstić information content (AvgIpc) is 2.99. The van der Waals surface area contributed by atoms with Crippen LogP contribution in [0, 0.1) is 5.92 Å². The molecule has 1 fully saturated rings. The number of hydrogen-bond donors (Lipinski definition) is 1. The van der Waals surface area contributed by atoms with E-state index in [1.165, 1.54) is 36.3 Å². The van der Waals surface area contributed by atoms with Crippen molar-refractivity contribution in [1.29, 1.82) is 0 Å². The first kappa shape index (κ1) is 14.7. The third-order valence-electron chi connectivity index (χ3n) is 4.43. The lowest BCUT2D eigenvalue weighted by Gasteiger charge is -2.31. The van der Waals surface area contributed by atoms with Crippen LogP contribution in [0.1, 0.15) is 37.6 Å². The van der Waals surface area contributed by atoms with Crippen LogP contribution in [0.15, 0.2) is 35.7 Å². The Kier molecular flexibility index (Phi) is 5.04. The maximum absolute atomic E-state index is 4.86. The van der Waals surface area contributed by atoms with Crippen molar-refractivity contribution in [3.63, 3.8) is 0 Å². The molecule has 1 aliphatic rings. The van der Waals surface area contributed by atoms with Crippen molar-refractivity contribution in [3.05, 3.63) is 40.7 Å². The second-order valence-corrected chi connectivity index (χ2v) is 6.85. The summed E-state index contributed by atoms with van der Waals surface area (Å²) in [5.74, 6) is 0.758. The van der Waals surface area contributed by atoms with Gasteiger partial charge in [-0.3, -0.25) is 0 Å². The fraction of sp³-hybridized carbons (Fsp3) is 0.500. The summed E-state index contributed by atoms with van der Waals surface area (Å²) in [6, 6.07) is 11.2. The van der Waals surface area contributed by atoms with E-state index in [-0.39, 0.29) is 0 Å². The molecule has 2 atom stereocenters. The highest BCUT2D eigenvalue weighted by atomic mass is 32.1. The van der Waals surface area contributed by atoms with Crippen molar-refractivity contribution in [2.75, 3.05) is 6.54 Å². The van der Waals surface area contributed by atoms with E-state index in [0.29, 0.717) is 6.04 Å². The van der Waals surface area contributed by atoms with E-state index < -0.39 is 0 Å². The molecule has 0 aliphatic heterocycles. The Hall–Kier alpha value is -1.19. The predicted octanol–water partition coefficient (Wildman–Crippen LogP) is 4.52. The van der Waals surface area contributed by atoms with Crippen LogP contribution in [0.5, 0.6) is 0 Å². The molecule has 1 N–H and O–H groups in total. The van der Waals surface area contributed by atoms with Crippen LogP contribution >= 0.6 is 11.3 Å². The molecule has 0 radical (unpaired) electrons. The topological polar surface area (TPSA) is 24.9 Å². The van der Waals surface area contributed by atoms with Crippen molar-refractivity contribution in [2.24, 2.45) is 5.92 Å². The van der Waals surface area contributed by atoms with Crippen molar-refractivity contribution in [1.82, 2.24) is 10.3 Å². The van der Waals surface area contributed by atoms with E-state index in [2.05, 4.69) is 48.0 Å². The molecule has 1 aliphatic carbocycles. The van der Waals surface area contributed by atoms with Crippen LogP contribution < -0.4 is 5.32 Å². The van der Waals surface area contributed by atoms with Crippen LogP contribution in [0.2, 0.25) is 0 Å². The summed E-state index contributed by atoms with van der Waals surface area (Å²) >= 11 is 1.82. The number of thiazole rings is 1. The van der Waals surface area contributed by atoms with Gasteiger partial charge in [-0.25, -0.2) is 4.98 Å². The fourth-order valence-corrected chi connectivity index (χ4v) is 4.25. The van der Waals surface area contributed by atoms with E-state index in [0.717, 1.165) is 24.6 Å². The van der Waals surface area contributed by atoms with Crippen LogP contribution in [0.4, 0.5) is 0 Å². The maximum atomic E-state index is 4.86. The van der Waals surface area contributed by atoms with E-state index in [9.17, 15) is 0 Å². The highest BCUT2D eigenvalue weighted by Gasteiger charge is 2.25. The molecule has 21 heavy (non-hydrogen) atoms. The summed E-state index contributed by atoms with van der Waals surface area (Å²) in [6.07, 6.45) is 6.56. The normalized spacial score (nSPS) is 22.3. The highest BCUT2D eigenvalue weighted by Crippen LogP contribution is 2.30. The molecular weight excluding hydrogens is 276 g/mol. The maximum Gasteiger partial charge on any atom is 0.0935 e. The second kappa shape index (κ2) is 7.19. The van der Waals surface area contributed by atoms with Crippen molar-refractivity contribution in [2.45, 2.75) is 45.1 Å². The monoisotopic (exact) mass is 300 g/mol. The standard InChI is InChI=1S/C18H24N2S/c1-2-19-16-11-7-6-10-15(16)12-18-20-17(13-21-18)14-8-4-3-5-9-14/h3-5,8-9,13,15-16,19H,2,6-7,10-12H2,1H3. The lowest BCUT2D eigenvalue weighted by atomic mass is 9.82. The molecule has 0 saturated heterocycles. The van der Waals surface area contributed by atoms with Crippen LogP contribution in [0.25, 0.3) is 11.3 Å². The van der Waals surface area contributed by atoms with Gasteiger partial charge in [0.25, 0.3) is 0 Å².